The molecule has 1 aromatic heterocycles. The monoisotopic (exact) mass is 289 g/mol. The van der Waals surface area contributed by atoms with E-state index >= 15 is 0 Å². The Morgan fingerprint density at radius 2 is 2.05 bits per heavy atom. The van der Waals surface area contributed by atoms with Crippen molar-refractivity contribution in [2.24, 2.45) is 5.73 Å². The number of benzene rings is 1. The van der Waals surface area contributed by atoms with E-state index in [1.807, 2.05) is 6.07 Å². The predicted molar refractivity (Wildman–Crippen MR) is 85.0 cm³/mol. The van der Waals surface area contributed by atoms with E-state index in [9.17, 15) is 4.39 Å². The Balaban J connectivity index is 1.63. The minimum atomic E-state index is -0.175. The van der Waals surface area contributed by atoms with Gasteiger partial charge in [-0.2, -0.15) is 0 Å². The molecule has 21 heavy (non-hydrogen) atoms. The molecule has 0 radical (unpaired) electrons. The summed E-state index contributed by atoms with van der Waals surface area (Å²) in [6, 6.07) is 5.05. The lowest BCUT2D eigenvalue weighted by molar-refractivity contribution is 0.209. The molecule has 0 bridgehead atoms. The van der Waals surface area contributed by atoms with Gasteiger partial charge in [0.25, 0.3) is 0 Å². The molecular weight excluding hydrogens is 265 g/mol. The summed E-state index contributed by atoms with van der Waals surface area (Å²) in [7, 11) is 0. The van der Waals surface area contributed by atoms with Crippen LogP contribution in [0.15, 0.2) is 24.4 Å². The molecule has 0 aliphatic carbocycles. The fourth-order valence-corrected chi connectivity index (χ4v) is 3.41. The van der Waals surface area contributed by atoms with Gasteiger partial charge < -0.3 is 15.6 Å². The maximum absolute atomic E-state index is 13.3. The maximum atomic E-state index is 13.3. The zero-order valence-electron chi connectivity index (χ0n) is 12.4. The fraction of sp³-hybridized carbons (Fsp3) is 0.529. The molecule has 3 nitrogen and oxygen atoms in total. The molecule has 2 aromatic rings. The molecule has 1 saturated heterocycles. The number of likely N-dealkylation sites (tertiary alicyclic amines) is 1. The largest absolute Gasteiger partial charge is 0.361 e. The number of unbranched alkanes of at least 4 members (excludes halogenated alkanes) is 1. The van der Waals surface area contributed by atoms with Crippen LogP contribution in [0.25, 0.3) is 10.9 Å². The Morgan fingerprint density at radius 3 is 2.81 bits per heavy atom. The fourth-order valence-electron chi connectivity index (χ4n) is 3.41. The average molecular weight is 289 g/mol. The molecule has 0 unspecified atom stereocenters. The average Bonchev–Trinajstić information content (AvgIpc) is 2.91. The van der Waals surface area contributed by atoms with Crippen LogP contribution in [0.2, 0.25) is 0 Å². The highest BCUT2D eigenvalue weighted by molar-refractivity contribution is 5.83. The minimum Gasteiger partial charge on any atom is -0.361 e. The van der Waals surface area contributed by atoms with Crippen molar-refractivity contribution in [3.63, 3.8) is 0 Å². The quantitative estimate of drug-likeness (QED) is 0.830. The molecule has 1 fully saturated rings. The summed E-state index contributed by atoms with van der Waals surface area (Å²) in [5.41, 5.74) is 7.81. The number of H-pyrrole nitrogens is 1. The highest BCUT2D eigenvalue weighted by Gasteiger charge is 2.22. The topological polar surface area (TPSA) is 45.0 Å². The highest BCUT2D eigenvalue weighted by Crippen LogP contribution is 2.33. The first-order valence-corrected chi connectivity index (χ1v) is 7.97. The van der Waals surface area contributed by atoms with Gasteiger partial charge in [-0.3, -0.25) is 0 Å². The van der Waals surface area contributed by atoms with Gasteiger partial charge in [-0.05, 0) is 81.5 Å². The van der Waals surface area contributed by atoms with Gasteiger partial charge in [0.1, 0.15) is 5.82 Å². The third-order valence-corrected chi connectivity index (χ3v) is 4.63. The minimum absolute atomic E-state index is 0.175. The third-order valence-electron chi connectivity index (χ3n) is 4.63. The molecule has 2 heterocycles. The van der Waals surface area contributed by atoms with Crippen LogP contribution < -0.4 is 5.73 Å². The first-order valence-electron chi connectivity index (χ1n) is 7.97. The molecule has 0 atom stereocenters. The molecule has 3 N–H and O–H groups in total. The van der Waals surface area contributed by atoms with Crippen molar-refractivity contribution in [2.75, 3.05) is 26.2 Å². The molecule has 1 aliphatic rings. The van der Waals surface area contributed by atoms with Crippen LogP contribution >= 0.6 is 0 Å². The highest BCUT2D eigenvalue weighted by atomic mass is 19.1. The van der Waals surface area contributed by atoms with E-state index in [0.29, 0.717) is 5.92 Å². The van der Waals surface area contributed by atoms with Crippen LogP contribution in [0.1, 0.15) is 37.2 Å². The molecule has 0 spiro atoms. The van der Waals surface area contributed by atoms with E-state index < -0.39 is 0 Å². The standard InChI is InChI=1S/C17H24FN3/c18-14-3-4-15-16(12-20-17(15)11-14)13-5-9-21(10-6-13)8-2-1-7-19/h3-4,11-13,20H,1-2,5-10,19H2. The number of halogens is 1. The maximum Gasteiger partial charge on any atom is 0.125 e. The SMILES string of the molecule is NCCCCN1CCC(c2c[nH]c3cc(F)ccc23)CC1. The van der Waals surface area contributed by atoms with Gasteiger partial charge in [0.15, 0.2) is 0 Å². The number of piperidine rings is 1. The van der Waals surface area contributed by atoms with Crippen LogP contribution in [0.4, 0.5) is 4.39 Å². The van der Waals surface area contributed by atoms with Gasteiger partial charge >= 0.3 is 0 Å². The van der Waals surface area contributed by atoms with E-state index in [-0.39, 0.29) is 5.82 Å². The summed E-state index contributed by atoms with van der Waals surface area (Å²) in [6.07, 6.45) is 6.76. The number of aromatic nitrogens is 1. The van der Waals surface area contributed by atoms with E-state index in [0.717, 1.165) is 31.6 Å². The third kappa shape index (κ3) is 3.27. The second-order valence-corrected chi connectivity index (χ2v) is 6.05. The first-order chi connectivity index (χ1) is 10.3. The summed E-state index contributed by atoms with van der Waals surface area (Å²) in [5, 5.41) is 1.18. The number of aromatic amines is 1. The molecule has 1 aromatic carbocycles. The Kier molecular flexibility index (Phi) is 4.56. The van der Waals surface area contributed by atoms with Crippen molar-refractivity contribution in [1.82, 2.24) is 9.88 Å². The number of hydrogen-bond donors (Lipinski definition) is 2. The number of rotatable bonds is 5. The van der Waals surface area contributed by atoms with Crippen molar-refractivity contribution in [3.05, 3.63) is 35.8 Å². The zero-order chi connectivity index (χ0) is 14.7. The predicted octanol–water partition coefficient (Wildman–Crippen LogP) is 3.23. The number of hydrogen-bond acceptors (Lipinski definition) is 2. The lowest BCUT2D eigenvalue weighted by atomic mass is 9.89. The van der Waals surface area contributed by atoms with Gasteiger partial charge in [0.05, 0.1) is 0 Å². The molecule has 3 rings (SSSR count). The summed E-state index contributed by atoms with van der Waals surface area (Å²) in [4.78, 5) is 5.75. The smallest absolute Gasteiger partial charge is 0.125 e. The van der Waals surface area contributed by atoms with Crippen LogP contribution in [0.3, 0.4) is 0 Å². The van der Waals surface area contributed by atoms with Crippen molar-refractivity contribution >= 4 is 10.9 Å². The summed E-state index contributed by atoms with van der Waals surface area (Å²) >= 11 is 0. The second kappa shape index (κ2) is 6.58. The van der Waals surface area contributed by atoms with Gasteiger partial charge in [0.2, 0.25) is 0 Å². The summed E-state index contributed by atoms with van der Waals surface area (Å²) in [6.45, 7) is 4.28. The van der Waals surface area contributed by atoms with E-state index in [2.05, 4.69) is 16.1 Å². The number of nitrogens with one attached hydrogen (secondary N) is 1. The summed E-state index contributed by atoms with van der Waals surface area (Å²) < 4.78 is 13.3. The van der Waals surface area contributed by atoms with Gasteiger partial charge in [-0.1, -0.05) is 0 Å². The van der Waals surface area contributed by atoms with Crippen molar-refractivity contribution in [1.29, 1.82) is 0 Å². The van der Waals surface area contributed by atoms with Crippen molar-refractivity contribution in [2.45, 2.75) is 31.6 Å². The Bertz CT molecular complexity index is 585. The molecular formula is C17H24FN3. The Morgan fingerprint density at radius 1 is 1.24 bits per heavy atom. The molecule has 114 valence electrons. The lowest BCUT2D eigenvalue weighted by Crippen LogP contribution is -2.33. The normalized spacial score (nSPS) is 17.6. The van der Waals surface area contributed by atoms with E-state index in [1.54, 1.807) is 12.1 Å². The first kappa shape index (κ1) is 14.5. The van der Waals surface area contributed by atoms with E-state index in [1.165, 1.54) is 36.8 Å². The second-order valence-electron chi connectivity index (χ2n) is 6.05. The number of nitrogens with two attached hydrogens (primary N) is 1. The number of fused-ring (bicyclic) bond motifs is 1. The van der Waals surface area contributed by atoms with Crippen molar-refractivity contribution in [3.8, 4) is 0 Å². The molecule has 0 saturated carbocycles. The number of nitrogens with zero attached hydrogens (tertiary/aromatic N) is 1. The van der Waals surface area contributed by atoms with Crippen LogP contribution in [-0.4, -0.2) is 36.1 Å². The lowest BCUT2D eigenvalue weighted by Gasteiger charge is -2.31. The van der Waals surface area contributed by atoms with Gasteiger partial charge in [-0.25, -0.2) is 4.39 Å². The Labute approximate surface area is 125 Å². The summed E-state index contributed by atoms with van der Waals surface area (Å²) in [5.74, 6) is 0.417. The van der Waals surface area contributed by atoms with Gasteiger partial charge in [0, 0.05) is 17.1 Å². The molecule has 4 heteroatoms. The molecule has 1 aliphatic heterocycles. The molecule has 0 amide bonds. The van der Waals surface area contributed by atoms with Crippen LogP contribution in [0, 0.1) is 5.82 Å². The van der Waals surface area contributed by atoms with E-state index in [4.69, 9.17) is 5.73 Å². The van der Waals surface area contributed by atoms with Crippen molar-refractivity contribution < 1.29 is 4.39 Å². The van der Waals surface area contributed by atoms with Crippen LogP contribution in [0.5, 0.6) is 0 Å². The Hall–Kier alpha value is -1.39. The van der Waals surface area contributed by atoms with Gasteiger partial charge in [-0.15, -0.1) is 0 Å². The van der Waals surface area contributed by atoms with Crippen LogP contribution in [-0.2, 0) is 0 Å². The zero-order valence-corrected chi connectivity index (χ0v) is 12.4.